The monoisotopic (exact) mass is 307 g/mol. The second-order valence-electron chi connectivity index (χ2n) is 4.01. The van der Waals surface area contributed by atoms with Crippen LogP contribution in [0, 0.1) is 5.82 Å². The smallest absolute Gasteiger partial charge is 0.171 e. The van der Waals surface area contributed by atoms with Crippen molar-refractivity contribution in [1.82, 2.24) is 10.3 Å². The van der Waals surface area contributed by atoms with E-state index in [4.69, 9.17) is 12.2 Å². The molecule has 6 heteroatoms. The molecule has 3 nitrogen and oxygen atoms in total. The Hall–Kier alpha value is -1.66. The molecular formula is C14H14FN3S2. The molecule has 0 saturated carbocycles. The number of thiocarbonyl (C=S) groups is 1. The van der Waals surface area contributed by atoms with Gasteiger partial charge in [-0.2, -0.15) is 0 Å². The van der Waals surface area contributed by atoms with Crippen LogP contribution in [0.5, 0.6) is 0 Å². The molecule has 0 aliphatic heterocycles. The molecule has 0 unspecified atom stereocenters. The number of hydrogen-bond donors (Lipinski definition) is 2. The lowest BCUT2D eigenvalue weighted by Crippen LogP contribution is -2.28. The molecule has 0 fully saturated rings. The van der Waals surface area contributed by atoms with Crippen molar-refractivity contribution in [2.75, 3.05) is 11.6 Å². The van der Waals surface area contributed by atoms with Crippen LogP contribution in [0.25, 0.3) is 0 Å². The predicted octanol–water partition coefficient (Wildman–Crippen LogP) is 3.43. The number of hydrogen-bond acceptors (Lipinski definition) is 3. The van der Waals surface area contributed by atoms with Crippen molar-refractivity contribution < 1.29 is 4.39 Å². The van der Waals surface area contributed by atoms with Gasteiger partial charge in [-0.05, 0) is 48.8 Å². The molecule has 1 aromatic heterocycles. The average molecular weight is 307 g/mol. The van der Waals surface area contributed by atoms with Crippen LogP contribution in [-0.2, 0) is 6.54 Å². The summed E-state index contributed by atoms with van der Waals surface area (Å²) in [6.45, 7) is 0.523. The molecule has 1 heterocycles. The third-order valence-corrected chi connectivity index (χ3v) is 3.51. The maximum Gasteiger partial charge on any atom is 0.171 e. The van der Waals surface area contributed by atoms with Crippen molar-refractivity contribution in [1.29, 1.82) is 0 Å². The van der Waals surface area contributed by atoms with Crippen LogP contribution in [0.3, 0.4) is 0 Å². The first-order valence-electron chi connectivity index (χ1n) is 5.97. The van der Waals surface area contributed by atoms with Gasteiger partial charge in [-0.15, -0.1) is 11.8 Å². The lowest BCUT2D eigenvalue weighted by atomic mass is 10.3. The summed E-state index contributed by atoms with van der Waals surface area (Å²) >= 11 is 6.83. The SMILES string of the molecule is CSc1ccnc(CNC(=S)Nc2cccc(F)c2)c1. The largest absolute Gasteiger partial charge is 0.357 e. The zero-order chi connectivity index (χ0) is 14.4. The minimum absolute atomic E-state index is 0.299. The first kappa shape index (κ1) is 14.7. The molecule has 2 rings (SSSR count). The van der Waals surface area contributed by atoms with Crippen LogP contribution >= 0.6 is 24.0 Å². The van der Waals surface area contributed by atoms with Gasteiger partial charge in [0.15, 0.2) is 5.11 Å². The van der Waals surface area contributed by atoms with Crippen molar-refractivity contribution in [2.24, 2.45) is 0 Å². The standard InChI is InChI=1S/C14H14FN3S2/c1-20-13-5-6-16-12(8-13)9-17-14(19)18-11-4-2-3-10(15)7-11/h2-8H,9H2,1H3,(H2,17,18,19). The number of aromatic nitrogens is 1. The normalized spacial score (nSPS) is 10.1. The van der Waals surface area contributed by atoms with Gasteiger partial charge in [-0.3, -0.25) is 4.98 Å². The number of anilines is 1. The van der Waals surface area contributed by atoms with Crippen molar-refractivity contribution in [2.45, 2.75) is 11.4 Å². The minimum atomic E-state index is -0.299. The van der Waals surface area contributed by atoms with E-state index in [-0.39, 0.29) is 5.82 Å². The molecule has 0 saturated heterocycles. The van der Waals surface area contributed by atoms with Crippen LogP contribution in [0.15, 0.2) is 47.5 Å². The second kappa shape index (κ2) is 7.21. The molecule has 2 N–H and O–H groups in total. The van der Waals surface area contributed by atoms with Crippen LogP contribution in [0.4, 0.5) is 10.1 Å². The van der Waals surface area contributed by atoms with Crippen molar-refractivity contribution in [3.63, 3.8) is 0 Å². The first-order valence-corrected chi connectivity index (χ1v) is 7.60. The Morgan fingerprint density at radius 1 is 1.35 bits per heavy atom. The molecule has 1 aromatic carbocycles. The molecule has 0 atom stereocenters. The van der Waals surface area contributed by atoms with Crippen molar-refractivity contribution in [3.05, 3.63) is 54.1 Å². The topological polar surface area (TPSA) is 37.0 Å². The summed E-state index contributed by atoms with van der Waals surface area (Å²) in [5.41, 5.74) is 1.52. The maximum atomic E-state index is 13.0. The van der Waals surface area contributed by atoms with Gasteiger partial charge < -0.3 is 10.6 Å². The van der Waals surface area contributed by atoms with E-state index in [0.29, 0.717) is 17.3 Å². The fourth-order valence-electron chi connectivity index (χ4n) is 1.59. The first-order chi connectivity index (χ1) is 9.67. The number of nitrogens with one attached hydrogen (secondary N) is 2. The maximum absolute atomic E-state index is 13.0. The van der Waals surface area contributed by atoms with E-state index in [0.717, 1.165) is 10.6 Å². The van der Waals surface area contributed by atoms with Gasteiger partial charge in [0.2, 0.25) is 0 Å². The Bertz CT molecular complexity index is 604. The minimum Gasteiger partial charge on any atom is -0.357 e. The Morgan fingerprint density at radius 3 is 2.95 bits per heavy atom. The van der Waals surface area contributed by atoms with Gasteiger partial charge in [-0.25, -0.2) is 4.39 Å². The highest BCUT2D eigenvalue weighted by Gasteiger charge is 2.01. The quantitative estimate of drug-likeness (QED) is 0.668. The lowest BCUT2D eigenvalue weighted by Gasteiger charge is -2.10. The highest BCUT2D eigenvalue weighted by atomic mass is 32.2. The van der Waals surface area contributed by atoms with Gasteiger partial charge in [-0.1, -0.05) is 6.07 Å². The summed E-state index contributed by atoms with van der Waals surface area (Å²) in [4.78, 5) is 5.41. The van der Waals surface area contributed by atoms with E-state index in [1.165, 1.54) is 12.1 Å². The molecule has 0 aliphatic carbocycles. The molecule has 20 heavy (non-hydrogen) atoms. The third-order valence-electron chi connectivity index (χ3n) is 2.54. The number of thioether (sulfide) groups is 1. The number of rotatable bonds is 4. The van der Waals surface area contributed by atoms with E-state index in [2.05, 4.69) is 15.6 Å². The predicted molar refractivity (Wildman–Crippen MR) is 85.5 cm³/mol. The van der Waals surface area contributed by atoms with Crippen LogP contribution in [-0.4, -0.2) is 16.4 Å². The number of halogens is 1. The summed E-state index contributed by atoms with van der Waals surface area (Å²) in [5.74, 6) is -0.299. The second-order valence-corrected chi connectivity index (χ2v) is 5.29. The highest BCUT2D eigenvalue weighted by molar-refractivity contribution is 7.98. The van der Waals surface area contributed by atoms with Gasteiger partial charge in [0.1, 0.15) is 5.82 Å². The molecule has 2 aromatic rings. The van der Waals surface area contributed by atoms with E-state index >= 15 is 0 Å². The summed E-state index contributed by atoms with van der Waals surface area (Å²) < 4.78 is 13.0. The van der Waals surface area contributed by atoms with Crippen molar-refractivity contribution in [3.8, 4) is 0 Å². The van der Waals surface area contributed by atoms with Gasteiger partial charge in [0.25, 0.3) is 0 Å². The van der Waals surface area contributed by atoms with Crippen LogP contribution in [0.1, 0.15) is 5.69 Å². The molecule has 0 bridgehead atoms. The van der Waals surface area contributed by atoms with Gasteiger partial charge >= 0.3 is 0 Å². The lowest BCUT2D eigenvalue weighted by molar-refractivity contribution is 0.628. The molecule has 0 radical (unpaired) electrons. The molecule has 104 valence electrons. The fourth-order valence-corrected chi connectivity index (χ4v) is 2.23. The Kier molecular flexibility index (Phi) is 5.31. The number of nitrogens with zero attached hydrogens (tertiary/aromatic N) is 1. The summed E-state index contributed by atoms with van der Waals surface area (Å²) in [6.07, 6.45) is 3.79. The zero-order valence-corrected chi connectivity index (χ0v) is 12.5. The van der Waals surface area contributed by atoms with Gasteiger partial charge in [0.05, 0.1) is 12.2 Å². The van der Waals surface area contributed by atoms with Crippen LogP contribution in [0.2, 0.25) is 0 Å². The van der Waals surface area contributed by atoms with E-state index in [1.807, 2.05) is 18.4 Å². The fraction of sp³-hybridized carbons (Fsp3) is 0.143. The van der Waals surface area contributed by atoms with Gasteiger partial charge in [0, 0.05) is 16.8 Å². The zero-order valence-electron chi connectivity index (χ0n) is 10.9. The summed E-state index contributed by atoms with van der Waals surface area (Å²) in [6, 6.07) is 10.1. The Balaban J connectivity index is 1.88. The van der Waals surface area contributed by atoms with E-state index in [9.17, 15) is 4.39 Å². The molecule has 0 amide bonds. The molecule has 0 spiro atoms. The highest BCUT2D eigenvalue weighted by Crippen LogP contribution is 2.14. The average Bonchev–Trinajstić information content (AvgIpc) is 2.45. The van der Waals surface area contributed by atoms with Crippen LogP contribution < -0.4 is 10.6 Å². The van der Waals surface area contributed by atoms with E-state index < -0.39 is 0 Å². The summed E-state index contributed by atoms with van der Waals surface area (Å²) in [5, 5.41) is 6.41. The van der Waals surface area contributed by atoms with E-state index in [1.54, 1.807) is 30.1 Å². The third kappa shape index (κ3) is 4.47. The molecule has 0 aliphatic rings. The van der Waals surface area contributed by atoms with Crippen molar-refractivity contribution >= 4 is 34.8 Å². The summed E-state index contributed by atoms with van der Waals surface area (Å²) in [7, 11) is 0. The number of pyridine rings is 1. The molecular weight excluding hydrogens is 293 g/mol. The Morgan fingerprint density at radius 2 is 2.20 bits per heavy atom. The number of benzene rings is 1. The Labute approximate surface area is 127 Å².